The zero-order valence-electron chi connectivity index (χ0n) is 15.3. The third-order valence-electron chi connectivity index (χ3n) is 6.08. The molecule has 1 saturated carbocycles. The molecule has 6 rings (SSSR count). The topological polar surface area (TPSA) is 73.3 Å². The molecule has 140 valence electrons. The average Bonchev–Trinajstić information content (AvgIpc) is 3.46. The number of benzene rings is 2. The third kappa shape index (κ3) is 2.44. The molecule has 3 aliphatic rings. The standard InChI is InChI=1S/C22H19N3O3/c26-22(23-10-12-1-6-18-19(7-12)28-11-27-18)15-4-5-16-17(9-15)25-21-14-3-2-13(8-14)20(21)24-16/h1,4-7,9,13-14H,2-3,8,10-11H2,(H,23,26). The van der Waals surface area contributed by atoms with Gasteiger partial charge in [-0.05, 0) is 55.2 Å². The van der Waals surface area contributed by atoms with Gasteiger partial charge >= 0.3 is 0 Å². The highest BCUT2D eigenvalue weighted by atomic mass is 16.7. The second-order valence-electron chi connectivity index (χ2n) is 7.77. The summed E-state index contributed by atoms with van der Waals surface area (Å²) in [6, 6.07) is 11.3. The highest BCUT2D eigenvalue weighted by molar-refractivity contribution is 5.97. The Morgan fingerprint density at radius 2 is 1.75 bits per heavy atom. The summed E-state index contributed by atoms with van der Waals surface area (Å²) >= 11 is 0. The summed E-state index contributed by atoms with van der Waals surface area (Å²) in [5, 5.41) is 2.97. The quantitative estimate of drug-likeness (QED) is 0.759. The van der Waals surface area contributed by atoms with Gasteiger partial charge in [0.05, 0.1) is 22.4 Å². The number of amides is 1. The maximum Gasteiger partial charge on any atom is 0.251 e. The first kappa shape index (κ1) is 15.9. The first-order valence-corrected chi connectivity index (χ1v) is 9.73. The van der Waals surface area contributed by atoms with Crippen molar-refractivity contribution in [1.82, 2.24) is 15.3 Å². The molecule has 2 bridgehead atoms. The number of aromatic nitrogens is 2. The number of nitrogens with one attached hydrogen (secondary N) is 1. The van der Waals surface area contributed by atoms with Crippen LogP contribution in [0, 0.1) is 0 Å². The lowest BCUT2D eigenvalue weighted by Gasteiger charge is -2.14. The van der Waals surface area contributed by atoms with Crippen molar-refractivity contribution in [3.63, 3.8) is 0 Å². The summed E-state index contributed by atoms with van der Waals surface area (Å²) in [5.41, 5.74) is 5.59. The number of ether oxygens (including phenoxy) is 2. The van der Waals surface area contributed by atoms with Crippen LogP contribution in [0.15, 0.2) is 36.4 Å². The van der Waals surface area contributed by atoms with Crippen LogP contribution in [-0.4, -0.2) is 22.7 Å². The van der Waals surface area contributed by atoms with E-state index in [-0.39, 0.29) is 12.7 Å². The van der Waals surface area contributed by atoms with Crippen LogP contribution in [0.2, 0.25) is 0 Å². The lowest BCUT2D eigenvalue weighted by Crippen LogP contribution is -2.22. The first-order chi connectivity index (χ1) is 13.7. The molecule has 1 N–H and O–H groups in total. The van der Waals surface area contributed by atoms with Gasteiger partial charge in [0.1, 0.15) is 0 Å². The molecule has 3 aromatic rings. The Labute approximate surface area is 161 Å². The van der Waals surface area contributed by atoms with E-state index in [0.717, 1.165) is 33.8 Å². The van der Waals surface area contributed by atoms with E-state index in [2.05, 4.69) is 5.32 Å². The van der Waals surface area contributed by atoms with E-state index in [1.165, 1.54) is 25.0 Å². The van der Waals surface area contributed by atoms with Gasteiger partial charge in [-0.25, -0.2) is 9.97 Å². The fraction of sp³-hybridized carbons (Fsp3) is 0.318. The average molecular weight is 373 g/mol. The Kier molecular flexibility index (Phi) is 3.36. The van der Waals surface area contributed by atoms with Crippen LogP contribution >= 0.6 is 0 Å². The molecule has 2 aromatic carbocycles. The summed E-state index contributed by atoms with van der Waals surface area (Å²) < 4.78 is 10.7. The van der Waals surface area contributed by atoms with Crippen LogP contribution < -0.4 is 14.8 Å². The lowest BCUT2D eigenvalue weighted by atomic mass is 10.00. The van der Waals surface area contributed by atoms with Crippen LogP contribution in [0.3, 0.4) is 0 Å². The molecule has 2 aliphatic carbocycles. The fourth-order valence-electron chi connectivity index (χ4n) is 4.64. The van der Waals surface area contributed by atoms with Crippen molar-refractivity contribution < 1.29 is 14.3 Å². The Hall–Kier alpha value is -3.15. The fourth-order valence-corrected chi connectivity index (χ4v) is 4.64. The molecule has 28 heavy (non-hydrogen) atoms. The van der Waals surface area contributed by atoms with Crippen LogP contribution in [0.4, 0.5) is 0 Å². The van der Waals surface area contributed by atoms with Gasteiger partial charge in [0.15, 0.2) is 11.5 Å². The minimum absolute atomic E-state index is 0.122. The molecular weight excluding hydrogens is 354 g/mol. The van der Waals surface area contributed by atoms with Crippen LogP contribution in [0.25, 0.3) is 11.0 Å². The summed E-state index contributed by atoms with van der Waals surface area (Å²) in [6.45, 7) is 0.668. The van der Waals surface area contributed by atoms with Crippen molar-refractivity contribution in [2.45, 2.75) is 37.6 Å². The predicted molar refractivity (Wildman–Crippen MR) is 103 cm³/mol. The van der Waals surface area contributed by atoms with Gasteiger partial charge in [-0.2, -0.15) is 0 Å². The van der Waals surface area contributed by atoms with E-state index in [0.29, 0.717) is 23.9 Å². The molecule has 1 amide bonds. The molecule has 6 nitrogen and oxygen atoms in total. The SMILES string of the molecule is O=C(NCc1ccc2c(c1)OCO2)c1ccc2nc3c(nc2c1)C1CCC3C1. The van der Waals surface area contributed by atoms with Gasteiger partial charge in [-0.1, -0.05) is 6.07 Å². The number of fused-ring (bicyclic) bond motifs is 7. The smallest absolute Gasteiger partial charge is 0.251 e. The molecule has 2 heterocycles. The molecule has 1 aliphatic heterocycles. The Balaban J connectivity index is 1.23. The van der Waals surface area contributed by atoms with E-state index < -0.39 is 0 Å². The van der Waals surface area contributed by atoms with Crippen LogP contribution in [-0.2, 0) is 6.54 Å². The van der Waals surface area contributed by atoms with E-state index >= 15 is 0 Å². The largest absolute Gasteiger partial charge is 0.454 e. The summed E-state index contributed by atoms with van der Waals surface area (Å²) in [6.07, 6.45) is 3.64. The van der Waals surface area contributed by atoms with Gasteiger partial charge in [0.2, 0.25) is 6.79 Å². The van der Waals surface area contributed by atoms with E-state index in [9.17, 15) is 4.79 Å². The zero-order valence-corrected chi connectivity index (χ0v) is 15.3. The highest BCUT2D eigenvalue weighted by Gasteiger charge is 2.39. The maximum absolute atomic E-state index is 12.6. The van der Waals surface area contributed by atoms with Crippen molar-refractivity contribution in [3.05, 3.63) is 58.9 Å². The summed E-state index contributed by atoms with van der Waals surface area (Å²) in [7, 11) is 0. The molecule has 2 unspecified atom stereocenters. The Bertz CT molecular complexity index is 1130. The molecule has 0 spiro atoms. The van der Waals surface area contributed by atoms with Gasteiger partial charge in [0, 0.05) is 23.9 Å². The number of rotatable bonds is 3. The maximum atomic E-state index is 12.6. The number of nitrogens with zero attached hydrogens (tertiary/aromatic N) is 2. The van der Waals surface area contributed by atoms with Crippen molar-refractivity contribution in [2.24, 2.45) is 0 Å². The molecule has 0 radical (unpaired) electrons. The third-order valence-corrected chi connectivity index (χ3v) is 6.08. The first-order valence-electron chi connectivity index (χ1n) is 9.73. The number of hydrogen-bond acceptors (Lipinski definition) is 5. The van der Waals surface area contributed by atoms with Gasteiger partial charge < -0.3 is 14.8 Å². The molecule has 1 fully saturated rings. The number of carbonyl (C=O) groups excluding carboxylic acids is 1. The Morgan fingerprint density at radius 3 is 2.61 bits per heavy atom. The normalized spacial score (nSPS) is 21.1. The van der Waals surface area contributed by atoms with E-state index in [1.54, 1.807) is 0 Å². The van der Waals surface area contributed by atoms with Crippen LogP contribution in [0.5, 0.6) is 11.5 Å². The highest BCUT2D eigenvalue weighted by Crippen LogP contribution is 2.51. The number of hydrogen-bond donors (Lipinski definition) is 1. The van der Waals surface area contributed by atoms with Gasteiger partial charge in [-0.3, -0.25) is 4.79 Å². The van der Waals surface area contributed by atoms with Gasteiger partial charge in [0.25, 0.3) is 5.91 Å². The van der Waals surface area contributed by atoms with Crippen molar-refractivity contribution in [1.29, 1.82) is 0 Å². The molecule has 6 heteroatoms. The van der Waals surface area contributed by atoms with Crippen molar-refractivity contribution in [2.75, 3.05) is 6.79 Å². The predicted octanol–water partition coefficient (Wildman–Crippen LogP) is 3.65. The second kappa shape index (κ2) is 5.92. The Morgan fingerprint density at radius 1 is 0.964 bits per heavy atom. The lowest BCUT2D eigenvalue weighted by molar-refractivity contribution is 0.0951. The minimum atomic E-state index is -0.122. The van der Waals surface area contributed by atoms with Crippen molar-refractivity contribution >= 4 is 16.9 Å². The summed E-state index contributed by atoms with van der Waals surface area (Å²) in [5.74, 6) is 2.48. The van der Waals surface area contributed by atoms with E-state index in [4.69, 9.17) is 19.4 Å². The van der Waals surface area contributed by atoms with Gasteiger partial charge in [-0.15, -0.1) is 0 Å². The molecule has 2 atom stereocenters. The molecular formula is C22H19N3O3. The zero-order chi connectivity index (χ0) is 18.7. The second-order valence-corrected chi connectivity index (χ2v) is 7.77. The minimum Gasteiger partial charge on any atom is -0.454 e. The summed E-state index contributed by atoms with van der Waals surface area (Å²) in [4.78, 5) is 22.4. The molecule has 1 aromatic heterocycles. The monoisotopic (exact) mass is 373 g/mol. The van der Waals surface area contributed by atoms with Crippen molar-refractivity contribution in [3.8, 4) is 11.5 Å². The molecule has 0 saturated heterocycles. The van der Waals surface area contributed by atoms with Crippen LogP contribution in [0.1, 0.15) is 58.4 Å². The number of carbonyl (C=O) groups is 1. The van der Waals surface area contributed by atoms with E-state index in [1.807, 2.05) is 36.4 Å².